The van der Waals surface area contributed by atoms with Crippen LogP contribution in [0.2, 0.25) is 0 Å². The van der Waals surface area contributed by atoms with Crippen LogP contribution < -0.4 is 5.43 Å². The van der Waals surface area contributed by atoms with E-state index < -0.39 is 0 Å². The smallest absolute Gasteiger partial charge is 0.255 e. The minimum absolute atomic E-state index is 0.0421. The average molecular weight is 312 g/mol. The van der Waals surface area contributed by atoms with Gasteiger partial charge in [0.1, 0.15) is 4.71 Å². The van der Waals surface area contributed by atoms with Gasteiger partial charge >= 0.3 is 0 Å². The number of hydrazine groups is 2. The molecule has 0 radical (unpaired) electrons. The molecule has 1 aliphatic rings. The van der Waals surface area contributed by atoms with Crippen molar-refractivity contribution in [2.24, 2.45) is 0 Å². The molecule has 1 N–H and O–H groups in total. The fourth-order valence-electron chi connectivity index (χ4n) is 1.84. The molecule has 0 aromatic heterocycles. The maximum atomic E-state index is 12.2. The van der Waals surface area contributed by atoms with Crippen molar-refractivity contribution >= 4 is 36.0 Å². The molecule has 20 heavy (non-hydrogen) atoms. The molecule has 110 valence electrons. The molecule has 1 unspecified atom stereocenters. The highest BCUT2D eigenvalue weighted by atomic mass is 32.2. The number of nitrogens with one attached hydrogen (secondary N) is 1. The first-order valence-electron chi connectivity index (χ1n) is 6.51. The van der Waals surface area contributed by atoms with E-state index in [1.165, 1.54) is 0 Å². The Morgan fingerprint density at radius 2 is 2.20 bits per heavy atom. The molecular weight excluding hydrogens is 292 g/mol. The zero-order valence-corrected chi connectivity index (χ0v) is 13.4. The molecule has 1 amide bonds. The predicted octanol–water partition coefficient (Wildman–Crippen LogP) is 2.28. The van der Waals surface area contributed by atoms with Gasteiger partial charge in [-0.3, -0.25) is 15.1 Å². The number of thioether (sulfide) groups is 1. The van der Waals surface area contributed by atoms with Crippen LogP contribution in [0.1, 0.15) is 13.3 Å². The van der Waals surface area contributed by atoms with Crippen LogP contribution in [0, 0.1) is 0 Å². The zero-order chi connectivity index (χ0) is 14.5. The molecule has 1 heterocycles. The molecular formula is C13H20N4OS2. The van der Waals surface area contributed by atoms with Crippen LogP contribution in [0.5, 0.6) is 0 Å². The molecule has 0 bridgehead atoms. The van der Waals surface area contributed by atoms with Crippen molar-refractivity contribution in [3.05, 3.63) is 30.3 Å². The van der Waals surface area contributed by atoms with E-state index in [1.54, 1.807) is 16.9 Å². The van der Waals surface area contributed by atoms with Gasteiger partial charge in [-0.2, -0.15) is 10.1 Å². The van der Waals surface area contributed by atoms with E-state index in [1.807, 2.05) is 49.3 Å². The van der Waals surface area contributed by atoms with Crippen molar-refractivity contribution < 1.29 is 4.79 Å². The lowest BCUT2D eigenvalue weighted by Crippen LogP contribution is -2.56. The molecule has 5 nitrogen and oxygen atoms in total. The Morgan fingerprint density at radius 3 is 2.80 bits per heavy atom. The van der Waals surface area contributed by atoms with Crippen LogP contribution in [-0.4, -0.2) is 45.2 Å². The van der Waals surface area contributed by atoms with E-state index in [2.05, 4.69) is 23.0 Å². The second kappa shape index (κ2) is 7.21. The Kier molecular flexibility index (Phi) is 5.59. The number of carbonyl (C=O) groups excluding carboxylic acids is 1. The second-order valence-corrected chi connectivity index (χ2v) is 6.44. The molecule has 0 saturated carbocycles. The molecule has 1 fully saturated rings. The monoisotopic (exact) mass is 312 g/mol. The fourth-order valence-corrected chi connectivity index (χ4v) is 2.94. The molecule has 1 aromatic carbocycles. The van der Waals surface area contributed by atoms with Gasteiger partial charge < -0.3 is 0 Å². The largest absolute Gasteiger partial charge is 0.281 e. The molecule has 1 aromatic rings. The van der Waals surface area contributed by atoms with Crippen LogP contribution in [-0.2, 0) is 4.79 Å². The third-order valence-corrected chi connectivity index (χ3v) is 4.91. The maximum absolute atomic E-state index is 12.2. The van der Waals surface area contributed by atoms with Gasteiger partial charge in [-0.25, -0.2) is 0 Å². The normalized spacial score (nSPS) is 20.6. The summed E-state index contributed by atoms with van der Waals surface area (Å²) in [4.78, 5) is 14.3. The number of amides is 1. The topological polar surface area (TPSA) is 38.8 Å². The molecule has 0 spiro atoms. The summed E-state index contributed by atoms with van der Waals surface area (Å²) in [5, 5.41) is 3.59. The highest BCUT2D eigenvalue weighted by Gasteiger charge is 2.28. The van der Waals surface area contributed by atoms with Gasteiger partial charge in [0.2, 0.25) is 0 Å². The number of hydrogen-bond donors (Lipinski definition) is 2. The zero-order valence-electron chi connectivity index (χ0n) is 11.7. The van der Waals surface area contributed by atoms with Crippen molar-refractivity contribution in [2.75, 3.05) is 25.0 Å². The summed E-state index contributed by atoms with van der Waals surface area (Å²) in [5.74, 6) is 0.768. The molecule has 7 heteroatoms. The third-order valence-electron chi connectivity index (χ3n) is 2.97. The Balaban J connectivity index is 2.10. The van der Waals surface area contributed by atoms with Crippen molar-refractivity contribution in [2.45, 2.75) is 18.1 Å². The molecule has 2 rings (SSSR count). The molecule has 1 aliphatic heterocycles. The van der Waals surface area contributed by atoms with Gasteiger partial charge in [0.05, 0.1) is 18.2 Å². The van der Waals surface area contributed by atoms with Gasteiger partial charge in [-0.15, -0.1) is 24.4 Å². The van der Waals surface area contributed by atoms with Gasteiger partial charge in [0.15, 0.2) is 0 Å². The SMILES string of the molecule is CCC(=O)N(Nc1ccccc1)N1CSC(S)N(C)C1. The Morgan fingerprint density at radius 1 is 1.50 bits per heavy atom. The molecule has 1 atom stereocenters. The summed E-state index contributed by atoms with van der Waals surface area (Å²) in [6, 6.07) is 9.72. The highest BCUT2D eigenvalue weighted by molar-refractivity contribution is 8.10. The van der Waals surface area contributed by atoms with Crippen molar-refractivity contribution in [3.8, 4) is 0 Å². The number of anilines is 1. The summed E-state index contributed by atoms with van der Waals surface area (Å²) >= 11 is 6.16. The highest BCUT2D eigenvalue weighted by Crippen LogP contribution is 2.26. The average Bonchev–Trinajstić information content (AvgIpc) is 2.48. The maximum Gasteiger partial charge on any atom is 0.255 e. The number of hydrogen-bond acceptors (Lipinski definition) is 6. The second-order valence-electron chi connectivity index (χ2n) is 4.56. The van der Waals surface area contributed by atoms with E-state index in [-0.39, 0.29) is 10.6 Å². The Labute approximate surface area is 129 Å². The first-order valence-corrected chi connectivity index (χ1v) is 8.07. The van der Waals surface area contributed by atoms with E-state index in [0.29, 0.717) is 13.1 Å². The van der Waals surface area contributed by atoms with E-state index in [0.717, 1.165) is 11.6 Å². The molecule has 1 saturated heterocycles. The van der Waals surface area contributed by atoms with Crippen molar-refractivity contribution in [1.82, 2.24) is 15.0 Å². The van der Waals surface area contributed by atoms with Crippen LogP contribution in [0.3, 0.4) is 0 Å². The number of rotatable bonds is 4. The lowest BCUT2D eigenvalue weighted by Gasteiger charge is -2.42. The third kappa shape index (κ3) is 3.82. The number of nitrogens with zero attached hydrogens (tertiary/aromatic N) is 3. The summed E-state index contributed by atoms with van der Waals surface area (Å²) < 4.78 is 0.168. The van der Waals surface area contributed by atoms with E-state index in [4.69, 9.17) is 0 Å². The minimum Gasteiger partial charge on any atom is -0.281 e. The minimum atomic E-state index is 0.0421. The summed E-state index contributed by atoms with van der Waals surface area (Å²) in [7, 11) is 1.99. The van der Waals surface area contributed by atoms with Gasteiger partial charge in [-0.05, 0) is 19.2 Å². The fraction of sp³-hybridized carbons (Fsp3) is 0.462. The predicted molar refractivity (Wildman–Crippen MR) is 86.9 cm³/mol. The lowest BCUT2D eigenvalue weighted by atomic mass is 10.3. The van der Waals surface area contributed by atoms with E-state index in [9.17, 15) is 4.79 Å². The lowest BCUT2D eigenvalue weighted by molar-refractivity contribution is -0.147. The summed E-state index contributed by atoms with van der Waals surface area (Å²) in [5.41, 5.74) is 4.08. The van der Waals surface area contributed by atoms with Gasteiger partial charge in [0.25, 0.3) is 5.91 Å². The van der Waals surface area contributed by atoms with Gasteiger partial charge in [0, 0.05) is 6.42 Å². The Bertz CT molecular complexity index is 445. The number of para-hydroxylation sites is 1. The van der Waals surface area contributed by atoms with Gasteiger partial charge in [-0.1, -0.05) is 25.1 Å². The standard InChI is InChI=1S/C13H20N4OS2/c1-3-12(18)17(14-11-7-5-4-6-8-11)16-9-15(2)13(19)20-10-16/h4-8,13-14,19H,3,9-10H2,1-2H3. The number of thiol groups is 1. The van der Waals surface area contributed by atoms with Crippen LogP contribution in [0.15, 0.2) is 30.3 Å². The number of benzene rings is 1. The Hall–Kier alpha value is -0.890. The van der Waals surface area contributed by atoms with Crippen LogP contribution in [0.25, 0.3) is 0 Å². The quantitative estimate of drug-likeness (QED) is 0.659. The first kappa shape index (κ1) is 15.5. The summed E-state index contributed by atoms with van der Waals surface area (Å²) in [6.45, 7) is 2.52. The van der Waals surface area contributed by atoms with Crippen molar-refractivity contribution in [1.29, 1.82) is 0 Å². The molecule has 0 aliphatic carbocycles. The van der Waals surface area contributed by atoms with Crippen LogP contribution >= 0.6 is 24.4 Å². The van der Waals surface area contributed by atoms with Crippen LogP contribution in [0.4, 0.5) is 5.69 Å². The summed E-state index contributed by atoms with van der Waals surface area (Å²) in [6.07, 6.45) is 0.453. The first-order chi connectivity index (χ1) is 9.61. The number of carbonyl (C=O) groups is 1. The van der Waals surface area contributed by atoms with E-state index >= 15 is 0 Å². The van der Waals surface area contributed by atoms with Crippen molar-refractivity contribution in [3.63, 3.8) is 0 Å².